The predicted molar refractivity (Wildman–Crippen MR) is 116 cm³/mol. The topological polar surface area (TPSA) is 103 Å². The molecule has 0 aliphatic rings. The summed E-state index contributed by atoms with van der Waals surface area (Å²) in [6.07, 6.45) is 1.53. The SMILES string of the molecule is COc1ccc(CCC(=O)NCCCNC(=O)c2cccc(OC(C)=O)c2)cc1OC. The van der Waals surface area contributed by atoms with E-state index in [1.54, 1.807) is 32.4 Å². The van der Waals surface area contributed by atoms with Crippen molar-refractivity contribution in [3.8, 4) is 17.2 Å². The van der Waals surface area contributed by atoms with Gasteiger partial charge in [0.25, 0.3) is 5.91 Å². The fraction of sp³-hybridized carbons (Fsp3) is 0.348. The number of aryl methyl sites for hydroxylation is 1. The van der Waals surface area contributed by atoms with Gasteiger partial charge in [-0.3, -0.25) is 14.4 Å². The lowest BCUT2D eigenvalue weighted by molar-refractivity contribution is -0.131. The quantitative estimate of drug-likeness (QED) is 0.324. The third-order valence-corrected chi connectivity index (χ3v) is 4.41. The number of rotatable bonds is 11. The Balaban J connectivity index is 1.67. The van der Waals surface area contributed by atoms with Gasteiger partial charge in [-0.1, -0.05) is 12.1 Å². The van der Waals surface area contributed by atoms with Crippen molar-refractivity contribution in [2.24, 2.45) is 0 Å². The Labute approximate surface area is 181 Å². The van der Waals surface area contributed by atoms with E-state index in [1.807, 2.05) is 18.2 Å². The summed E-state index contributed by atoms with van der Waals surface area (Å²) in [5.41, 5.74) is 1.38. The average Bonchev–Trinajstić information content (AvgIpc) is 2.76. The van der Waals surface area contributed by atoms with Gasteiger partial charge in [0.1, 0.15) is 5.75 Å². The van der Waals surface area contributed by atoms with Gasteiger partial charge < -0.3 is 24.8 Å². The van der Waals surface area contributed by atoms with Crippen molar-refractivity contribution in [3.63, 3.8) is 0 Å². The molecule has 2 amide bonds. The second-order valence-electron chi connectivity index (χ2n) is 6.77. The predicted octanol–water partition coefficient (Wildman–Crippen LogP) is 2.50. The van der Waals surface area contributed by atoms with E-state index < -0.39 is 5.97 Å². The highest BCUT2D eigenvalue weighted by atomic mass is 16.5. The number of ether oxygens (including phenoxy) is 3. The van der Waals surface area contributed by atoms with E-state index in [-0.39, 0.29) is 11.8 Å². The summed E-state index contributed by atoms with van der Waals surface area (Å²) in [5, 5.41) is 5.62. The number of amides is 2. The molecular formula is C23H28N2O6. The van der Waals surface area contributed by atoms with Crippen LogP contribution in [0.15, 0.2) is 42.5 Å². The van der Waals surface area contributed by atoms with Crippen molar-refractivity contribution in [2.75, 3.05) is 27.3 Å². The molecule has 0 fully saturated rings. The van der Waals surface area contributed by atoms with Crippen molar-refractivity contribution < 1.29 is 28.6 Å². The molecule has 31 heavy (non-hydrogen) atoms. The van der Waals surface area contributed by atoms with Gasteiger partial charge in [-0.15, -0.1) is 0 Å². The van der Waals surface area contributed by atoms with Crippen LogP contribution in [0.1, 0.15) is 35.7 Å². The first-order chi connectivity index (χ1) is 14.9. The molecule has 166 valence electrons. The second kappa shape index (κ2) is 12.2. The Morgan fingerprint density at radius 3 is 2.35 bits per heavy atom. The van der Waals surface area contributed by atoms with Gasteiger partial charge >= 0.3 is 5.97 Å². The van der Waals surface area contributed by atoms with Gasteiger partial charge in [-0.25, -0.2) is 0 Å². The molecule has 8 nitrogen and oxygen atoms in total. The third kappa shape index (κ3) is 8.00. The summed E-state index contributed by atoms with van der Waals surface area (Å²) in [6, 6.07) is 12.0. The summed E-state index contributed by atoms with van der Waals surface area (Å²) in [6.45, 7) is 2.17. The molecule has 2 aromatic carbocycles. The Bertz CT molecular complexity index is 913. The van der Waals surface area contributed by atoms with Gasteiger partial charge in [0.05, 0.1) is 14.2 Å². The van der Waals surface area contributed by atoms with Crippen molar-refractivity contribution >= 4 is 17.8 Å². The molecule has 0 saturated heterocycles. The van der Waals surface area contributed by atoms with E-state index >= 15 is 0 Å². The molecule has 2 aromatic rings. The van der Waals surface area contributed by atoms with Crippen LogP contribution >= 0.6 is 0 Å². The molecule has 0 aliphatic heterocycles. The number of benzene rings is 2. The smallest absolute Gasteiger partial charge is 0.308 e. The van der Waals surface area contributed by atoms with Crippen molar-refractivity contribution in [1.82, 2.24) is 10.6 Å². The first-order valence-electron chi connectivity index (χ1n) is 9.97. The third-order valence-electron chi connectivity index (χ3n) is 4.41. The molecule has 0 bridgehead atoms. The maximum Gasteiger partial charge on any atom is 0.308 e. The number of methoxy groups -OCH3 is 2. The molecule has 0 spiro atoms. The number of carbonyl (C=O) groups is 3. The molecule has 0 aliphatic carbocycles. The first kappa shape index (κ1) is 23.7. The summed E-state index contributed by atoms with van der Waals surface area (Å²) in [5.74, 6) is 0.829. The van der Waals surface area contributed by atoms with Crippen LogP contribution in [0.2, 0.25) is 0 Å². The molecule has 0 saturated carbocycles. The van der Waals surface area contributed by atoms with E-state index in [9.17, 15) is 14.4 Å². The number of esters is 1. The minimum Gasteiger partial charge on any atom is -0.493 e. The van der Waals surface area contributed by atoms with E-state index in [0.29, 0.717) is 55.2 Å². The highest BCUT2D eigenvalue weighted by Gasteiger charge is 2.09. The fourth-order valence-electron chi connectivity index (χ4n) is 2.87. The van der Waals surface area contributed by atoms with Crippen molar-refractivity contribution in [1.29, 1.82) is 0 Å². The van der Waals surface area contributed by atoms with Gasteiger partial charge in [0, 0.05) is 32.0 Å². The lowest BCUT2D eigenvalue weighted by Gasteiger charge is -2.10. The Kier molecular flexibility index (Phi) is 9.35. The van der Waals surface area contributed by atoms with E-state index in [1.165, 1.54) is 13.0 Å². The highest BCUT2D eigenvalue weighted by molar-refractivity contribution is 5.94. The number of hydrogen-bond donors (Lipinski definition) is 2. The maximum absolute atomic E-state index is 12.2. The first-order valence-corrected chi connectivity index (χ1v) is 9.97. The molecule has 8 heteroatoms. The normalized spacial score (nSPS) is 10.2. The fourth-order valence-corrected chi connectivity index (χ4v) is 2.87. The lowest BCUT2D eigenvalue weighted by Crippen LogP contribution is -2.30. The summed E-state index contributed by atoms with van der Waals surface area (Å²) in [7, 11) is 3.15. The van der Waals surface area contributed by atoms with E-state index in [4.69, 9.17) is 14.2 Å². The minimum absolute atomic E-state index is 0.0600. The van der Waals surface area contributed by atoms with Crippen LogP contribution in [0, 0.1) is 0 Å². The van der Waals surface area contributed by atoms with Crippen LogP contribution in [-0.2, 0) is 16.0 Å². The highest BCUT2D eigenvalue weighted by Crippen LogP contribution is 2.27. The molecule has 0 unspecified atom stereocenters. The molecule has 0 radical (unpaired) electrons. The minimum atomic E-state index is -0.445. The van der Waals surface area contributed by atoms with Crippen molar-refractivity contribution in [3.05, 3.63) is 53.6 Å². The van der Waals surface area contributed by atoms with Crippen LogP contribution in [0.5, 0.6) is 17.2 Å². The molecule has 2 rings (SSSR count). The van der Waals surface area contributed by atoms with Gasteiger partial charge in [-0.05, 0) is 48.7 Å². The van der Waals surface area contributed by atoms with Crippen molar-refractivity contribution in [2.45, 2.75) is 26.2 Å². The van der Waals surface area contributed by atoms with E-state index in [2.05, 4.69) is 10.6 Å². The monoisotopic (exact) mass is 428 g/mol. The zero-order valence-corrected chi connectivity index (χ0v) is 18.0. The molecular weight excluding hydrogens is 400 g/mol. The standard InChI is InChI=1S/C23H28N2O6/c1-16(26)31-19-7-4-6-18(15-19)23(28)25-13-5-12-24-22(27)11-9-17-8-10-20(29-2)21(14-17)30-3/h4,6-8,10,14-15H,5,9,11-13H2,1-3H3,(H,24,27)(H,25,28). The number of carbonyl (C=O) groups excluding carboxylic acids is 3. The summed E-state index contributed by atoms with van der Waals surface area (Å²) >= 11 is 0. The largest absolute Gasteiger partial charge is 0.493 e. The number of nitrogens with one attached hydrogen (secondary N) is 2. The van der Waals surface area contributed by atoms with Crippen LogP contribution in [0.4, 0.5) is 0 Å². The summed E-state index contributed by atoms with van der Waals surface area (Å²) < 4.78 is 15.4. The maximum atomic E-state index is 12.2. The second-order valence-corrected chi connectivity index (χ2v) is 6.77. The Morgan fingerprint density at radius 1 is 0.903 bits per heavy atom. The lowest BCUT2D eigenvalue weighted by atomic mass is 10.1. The molecule has 2 N–H and O–H groups in total. The van der Waals surface area contributed by atoms with Gasteiger partial charge in [-0.2, -0.15) is 0 Å². The zero-order valence-electron chi connectivity index (χ0n) is 18.0. The zero-order chi connectivity index (χ0) is 22.6. The van der Waals surface area contributed by atoms with Gasteiger partial charge in [0.15, 0.2) is 11.5 Å². The Hall–Kier alpha value is -3.55. The Morgan fingerprint density at radius 2 is 1.65 bits per heavy atom. The van der Waals surface area contributed by atoms with Crippen LogP contribution in [0.25, 0.3) is 0 Å². The molecule has 0 aromatic heterocycles. The van der Waals surface area contributed by atoms with Crippen LogP contribution < -0.4 is 24.8 Å². The summed E-state index contributed by atoms with van der Waals surface area (Å²) in [4.78, 5) is 35.2. The average molecular weight is 428 g/mol. The van der Waals surface area contributed by atoms with Gasteiger partial charge in [0.2, 0.25) is 5.91 Å². The molecule has 0 heterocycles. The number of hydrogen-bond acceptors (Lipinski definition) is 6. The molecule has 0 atom stereocenters. The van der Waals surface area contributed by atoms with Crippen LogP contribution in [-0.4, -0.2) is 45.1 Å². The van der Waals surface area contributed by atoms with Crippen LogP contribution in [0.3, 0.4) is 0 Å². The van der Waals surface area contributed by atoms with E-state index in [0.717, 1.165) is 5.56 Å².